The number of ether oxygens (including phenoxy) is 1. The number of carbonyl (C=O) groups excluding carboxylic acids is 1. The van der Waals surface area contributed by atoms with Crippen LogP contribution < -0.4 is 5.32 Å². The highest BCUT2D eigenvalue weighted by Gasteiger charge is 2.45. The Hall–Kier alpha value is -0.810. The summed E-state index contributed by atoms with van der Waals surface area (Å²) in [6, 6.07) is 0.188. The van der Waals surface area contributed by atoms with Gasteiger partial charge in [0.05, 0.1) is 6.61 Å². The molecule has 2 aliphatic heterocycles. The van der Waals surface area contributed by atoms with E-state index in [0.29, 0.717) is 13.1 Å². The molecule has 2 heterocycles. The van der Waals surface area contributed by atoms with Crippen molar-refractivity contribution in [1.29, 1.82) is 0 Å². The van der Waals surface area contributed by atoms with Crippen LogP contribution in [-0.4, -0.2) is 54.0 Å². The molecule has 2 atom stereocenters. The first-order valence-corrected chi connectivity index (χ1v) is 7.18. The lowest BCUT2D eigenvalue weighted by Gasteiger charge is -2.50. The van der Waals surface area contributed by atoms with Crippen molar-refractivity contribution in [1.82, 2.24) is 10.2 Å². The van der Waals surface area contributed by atoms with Gasteiger partial charge in [0.25, 0.3) is 0 Å². The Morgan fingerprint density at radius 1 is 1.47 bits per heavy atom. The van der Waals surface area contributed by atoms with Crippen LogP contribution in [-0.2, 0) is 4.74 Å². The van der Waals surface area contributed by atoms with Crippen LogP contribution in [0.2, 0.25) is 0 Å². The van der Waals surface area contributed by atoms with E-state index in [1.165, 1.54) is 0 Å². The molecule has 2 aliphatic rings. The van der Waals surface area contributed by atoms with Crippen molar-refractivity contribution in [3.05, 3.63) is 0 Å². The minimum absolute atomic E-state index is 0.0449. The molecule has 0 aromatic heterocycles. The van der Waals surface area contributed by atoms with Gasteiger partial charge < -0.3 is 20.1 Å². The number of aliphatic hydroxyl groups excluding tert-OH is 1. The number of carbonyl (C=O) groups is 1. The smallest absolute Gasteiger partial charge is 0.410 e. The van der Waals surface area contributed by atoms with Gasteiger partial charge >= 0.3 is 6.09 Å². The average molecular weight is 270 g/mol. The fraction of sp³-hybridized carbons (Fsp3) is 0.929. The fourth-order valence-corrected chi connectivity index (χ4v) is 3.09. The van der Waals surface area contributed by atoms with E-state index in [-0.39, 0.29) is 24.2 Å². The number of aliphatic hydroxyl groups is 1. The van der Waals surface area contributed by atoms with E-state index in [1.54, 1.807) is 4.90 Å². The second kappa shape index (κ2) is 5.29. The zero-order chi connectivity index (χ0) is 14.1. The maximum Gasteiger partial charge on any atom is 0.410 e. The number of hydrogen-bond donors (Lipinski definition) is 2. The molecule has 0 aromatic rings. The van der Waals surface area contributed by atoms with Crippen LogP contribution in [0.5, 0.6) is 0 Å². The first kappa shape index (κ1) is 14.6. The molecule has 2 fully saturated rings. The van der Waals surface area contributed by atoms with E-state index in [9.17, 15) is 9.90 Å². The minimum atomic E-state index is -0.456. The lowest BCUT2D eigenvalue weighted by Crippen LogP contribution is -2.62. The van der Waals surface area contributed by atoms with Crippen molar-refractivity contribution in [3.8, 4) is 0 Å². The number of fused-ring (bicyclic) bond motifs is 1. The third kappa shape index (κ3) is 3.20. The van der Waals surface area contributed by atoms with Crippen LogP contribution in [0.1, 0.15) is 40.0 Å². The van der Waals surface area contributed by atoms with Crippen LogP contribution >= 0.6 is 0 Å². The van der Waals surface area contributed by atoms with Gasteiger partial charge in [-0.3, -0.25) is 0 Å². The molecule has 0 aliphatic carbocycles. The quantitative estimate of drug-likeness (QED) is 0.755. The number of nitrogens with one attached hydrogen (secondary N) is 1. The summed E-state index contributed by atoms with van der Waals surface area (Å²) in [5.41, 5.74) is -0.501. The molecule has 5 heteroatoms. The molecule has 5 nitrogen and oxygen atoms in total. The molecule has 2 N–H and O–H groups in total. The van der Waals surface area contributed by atoms with Crippen LogP contribution in [0.15, 0.2) is 0 Å². The summed E-state index contributed by atoms with van der Waals surface area (Å²) in [6.07, 6.45) is 2.75. The van der Waals surface area contributed by atoms with Gasteiger partial charge in [-0.25, -0.2) is 4.79 Å². The molecule has 1 amide bonds. The highest BCUT2D eigenvalue weighted by molar-refractivity contribution is 5.68. The number of nitrogens with zero attached hydrogens (tertiary/aromatic N) is 1. The van der Waals surface area contributed by atoms with Gasteiger partial charge in [-0.2, -0.15) is 0 Å². The summed E-state index contributed by atoms with van der Waals surface area (Å²) in [7, 11) is 0. The normalized spacial score (nSPS) is 31.8. The second-order valence-electron chi connectivity index (χ2n) is 6.81. The molecule has 2 unspecified atom stereocenters. The molecule has 0 bridgehead atoms. The van der Waals surface area contributed by atoms with Crippen molar-refractivity contribution in [2.45, 2.75) is 51.7 Å². The lowest BCUT2D eigenvalue weighted by atomic mass is 9.70. The summed E-state index contributed by atoms with van der Waals surface area (Å²) in [4.78, 5) is 13.9. The maximum absolute atomic E-state index is 12.1. The third-order valence-electron chi connectivity index (χ3n) is 4.23. The molecule has 0 spiro atoms. The molecule has 2 rings (SSSR count). The Balaban J connectivity index is 2.00. The van der Waals surface area contributed by atoms with E-state index in [1.807, 2.05) is 20.8 Å². The number of rotatable bonds is 1. The van der Waals surface area contributed by atoms with Gasteiger partial charge in [0.2, 0.25) is 0 Å². The molecule has 2 saturated heterocycles. The van der Waals surface area contributed by atoms with Crippen molar-refractivity contribution in [2.75, 3.05) is 26.2 Å². The summed E-state index contributed by atoms with van der Waals surface area (Å²) < 4.78 is 5.42. The Kier molecular flexibility index (Phi) is 4.06. The van der Waals surface area contributed by atoms with Gasteiger partial charge in [0, 0.05) is 24.5 Å². The summed E-state index contributed by atoms with van der Waals surface area (Å²) in [5, 5.41) is 13.2. The van der Waals surface area contributed by atoms with Gasteiger partial charge in [0.15, 0.2) is 0 Å². The minimum Gasteiger partial charge on any atom is -0.444 e. The van der Waals surface area contributed by atoms with Crippen LogP contribution in [0.4, 0.5) is 4.79 Å². The molecule has 0 aromatic carbocycles. The first-order chi connectivity index (χ1) is 8.86. The lowest BCUT2D eigenvalue weighted by molar-refractivity contribution is -0.0285. The second-order valence-corrected chi connectivity index (χ2v) is 6.81. The summed E-state index contributed by atoms with van der Waals surface area (Å²) >= 11 is 0. The SMILES string of the molecule is CC(C)(C)OC(=O)N1CCC2(CO)CCCNC2C1. The molecule has 19 heavy (non-hydrogen) atoms. The van der Waals surface area contributed by atoms with Crippen molar-refractivity contribution in [2.24, 2.45) is 5.41 Å². The summed E-state index contributed by atoms with van der Waals surface area (Å²) in [6.45, 7) is 8.12. The monoisotopic (exact) mass is 270 g/mol. The van der Waals surface area contributed by atoms with Crippen molar-refractivity contribution in [3.63, 3.8) is 0 Å². The van der Waals surface area contributed by atoms with E-state index in [4.69, 9.17) is 4.74 Å². The van der Waals surface area contributed by atoms with E-state index in [2.05, 4.69) is 5.32 Å². The van der Waals surface area contributed by atoms with Gasteiger partial charge in [-0.05, 0) is 46.6 Å². The predicted octanol–water partition coefficient (Wildman–Crippen LogP) is 1.36. The average Bonchev–Trinajstić information content (AvgIpc) is 2.36. The number of likely N-dealkylation sites (tertiary alicyclic amines) is 1. The van der Waals surface area contributed by atoms with Crippen molar-refractivity contribution >= 4 is 6.09 Å². The Morgan fingerprint density at radius 3 is 2.84 bits per heavy atom. The van der Waals surface area contributed by atoms with Crippen molar-refractivity contribution < 1.29 is 14.6 Å². The number of piperidine rings is 2. The predicted molar refractivity (Wildman–Crippen MR) is 73.0 cm³/mol. The highest BCUT2D eigenvalue weighted by Crippen LogP contribution is 2.38. The Bertz CT molecular complexity index is 340. The van der Waals surface area contributed by atoms with Gasteiger partial charge in [-0.1, -0.05) is 0 Å². The van der Waals surface area contributed by atoms with Gasteiger partial charge in [-0.15, -0.1) is 0 Å². The largest absolute Gasteiger partial charge is 0.444 e. The molecular weight excluding hydrogens is 244 g/mol. The molecule has 0 radical (unpaired) electrons. The topological polar surface area (TPSA) is 61.8 Å². The zero-order valence-corrected chi connectivity index (χ0v) is 12.2. The van der Waals surface area contributed by atoms with E-state index >= 15 is 0 Å². The van der Waals surface area contributed by atoms with E-state index < -0.39 is 5.60 Å². The van der Waals surface area contributed by atoms with Gasteiger partial charge in [0.1, 0.15) is 5.60 Å². The van der Waals surface area contributed by atoms with E-state index in [0.717, 1.165) is 25.8 Å². The van der Waals surface area contributed by atoms with Crippen LogP contribution in [0.3, 0.4) is 0 Å². The Labute approximate surface area is 115 Å². The molecule has 110 valence electrons. The molecule has 0 saturated carbocycles. The third-order valence-corrected chi connectivity index (χ3v) is 4.23. The Morgan fingerprint density at radius 2 is 2.21 bits per heavy atom. The number of amides is 1. The summed E-state index contributed by atoms with van der Waals surface area (Å²) in [5.74, 6) is 0. The standard InChI is InChI=1S/C14H26N2O3/c1-13(2,3)19-12(18)16-8-6-14(10-17)5-4-7-15-11(14)9-16/h11,15,17H,4-10H2,1-3H3. The maximum atomic E-state index is 12.1. The van der Waals surface area contributed by atoms with Crippen LogP contribution in [0.25, 0.3) is 0 Å². The molecular formula is C14H26N2O3. The zero-order valence-electron chi connectivity index (χ0n) is 12.2. The first-order valence-electron chi connectivity index (χ1n) is 7.18. The fourth-order valence-electron chi connectivity index (χ4n) is 3.09. The van der Waals surface area contributed by atoms with Crippen LogP contribution in [0, 0.1) is 5.41 Å². The highest BCUT2D eigenvalue weighted by atomic mass is 16.6. The number of hydrogen-bond acceptors (Lipinski definition) is 4.